The summed E-state index contributed by atoms with van der Waals surface area (Å²) in [5.41, 5.74) is 0.640. The Morgan fingerprint density at radius 3 is 2.53 bits per heavy atom. The summed E-state index contributed by atoms with van der Waals surface area (Å²) < 4.78 is 0. The van der Waals surface area contributed by atoms with Gasteiger partial charge < -0.3 is 10.2 Å². The van der Waals surface area contributed by atoms with Crippen LogP contribution in [0.25, 0.3) is 0 Å². The Morgan fingerprint density at radius 2 is 1.82 bits per heavy atom. The van der Waals surface area contributed by atoms with Gasteiger partial charge in [0.1, 0.15) is 0 Å². The van der Waals surface area contributed by atoms with Crippen LogP contribution < -0.4 is 5.32 Å². The lowest BCUT2D eigenvalue weighted by atomic mass is 9.87. The molecule has 1 aliphatic heterocycles. The lowest BCUT2D eigenvalue weighted by Crippen LogP contribution is -2.48. The van der Waals surface area contributed by atoms with E-state index in [4.69, 9.17) is 0 Å². The Bertz CT molecular complexity index is 254. The maximum Gasteiger partial charge on any atom is 0.0198 e. The molecule has 0 radical (unpaired) electrons. The number of rotatable bonds is 4. The van der Waals surface area contributed by atoms with Gasteiger partial charge in [-0.15, -0.1) is 0 Å². The molecule has 17 heavy (non-hydrogen) atoms. The third-order valence-corrected chi connectivity index (χ3v) is 4.97. The number of piperidine rings is 1. The van der Waals surface area contributed by atoms with Crippen molar-refractivity contribution in [2.45, 2.75) is 70.4 Å². The van der Waals surface area contributed by atoms with Crippen LogP contribution in [0.5, 0.6) is 0 Å². The van der Waals surface area contributed by atoms with Crippen LogP contribution in [0.2, 0.25) is 0 Å². The fourth-order valence-corrected chi connectivity index (χ4v) is 3.85. The Morgan fingerprint density at radius 1 is 1.06 bits per heavy atom. The first-order valence-corrected chi connectivity index (χ1v) is 7.72. The number of hydrogen-bond donors (Lipinski definition) is 1. The van der Waals surface area contributed by atoms with Gasteiger partial charge in [0.2, 0.25) is 0 Å². The highest BCUT2D eigenvalue weighted by atomic mass is 15.2. The molecule has 0 aromatic carbocycles. The quantitative estimate of drug-likeness (QED) is 0.807. The van der Waals surface area contributed by atoms with Crippen LogP contribution in [0.1, 0.15) is 58.3 Å². The minimum absolute atomic E-state index is 0.640. The molecule has 3 rings (SSSR count). The third kappa shape index (κ3) is 3.23. The molecule has 2 saturated carbocycles. The highest BCUT2D eigenvalue weighted by molar-refractivity contribution is 4.90. The van der Waals surface area contributed by atoms with Crippen molar-refractivity contribution >= 4 is 0 Å². The normalized spacial score (nSPS) is 34.1. The Kier molecular flexibility index (Phi) is 3.45. The number of nitrogens with one attached hydrogen (secondary N) is 1. The molecule has 1 saturated heterocycles. The lowest BCUT2D eigenvalue weighted by molar-refractivity contribution is 0.125. The van der Waals surface area contributed by atoms with E-state index in [1.807, 2.05) is 0 Å². The standard InChI is InChI=1S/C15H28N2/c1-15(8-2-3-9-15)12-17-10-4-5-14(11-17)16-13-6-7-13/h13-14,16H,2-12H2,1H3. The minimum Gasteiger partial charge on any atom is -0.310 e. The van der Waals surface area contributed by atoms with E-state index in [1.54, 1.807) is 0 Å². The molecule has 1 unspecified atom stereocenters. The van der Waals surface area contributed by atoms with E-state index in [2.05, 4.69) is 17.1 Å². The molecule has 2 nitrogen and oxygen atoms in total. The van der Waals surface area contributed by atoms with Crippen LogP contribution in [0.4, 0.5) is 0 Å². The molecule has 0 bridgehead atoms. The van der Waals surface area contributed by atoms with Crippen molar-refractivity contribution in [2.24, 2.45) is 5.41 Å². The number of likely N-dealkylation sites (tertiary alicyclic amines) is 1. The summed E-state index contributed by atoms with van der Waals surface area (Å²) in [6, 6.07) is 1.67. The highest BCUT2D eigenvalue weighted by Crippen LogP contribution is 2.38. The van der Waals surface area contributed by atoms with E-state index in [9.17, 15) is 0 Å². The van der Waals surface area contributed by atoms with Gasteiger partial charge in [0.05, 0.1) is 0 Å². The van der Waals surface area contributed by atoms with Gasteiger partial charge >= 0.3 is 0 Å². The first-order valence-electron chi connectivity index (χ1n) is 7.72. The van der Waals surface area contributed by atoms with Crippen LogP contribution in [0, 0.1) is 5.41 Å². The van der Waals surface area contributed by atoms with Crippen molar-refractivity contribution in [1.29, 1.82) is 0 Å². The maximum absolute atomic E-state index is 3.82. The molecule has 0 aromatic heterocycles. The molecular weight excluding hydrogens is 208 g/mol. The average Bonchev–Trinajstić information content (AvgIpc) is 3.00. The first kappa shape index (κ1) is 12.0. The highest BCUT2D eigenvalue weighted by Gasteiger charge is 2.33. The molecule has 0 amide bonds. The van der Waals surface area contributed by atoms with Crippen LogP contribution in [-0.4, -0.2) is 36.6 Å². The molecule has 3 fully saturated rings. The van der Waals surface area contributed by atoms with Crippen LogP contribution in [0.3, 0.4) is 0 Å². The van der Waals surface area contributed by atoms with Gasteiger partial charge in [0, 0.05) is 25.2 Å². The van der Waals surface area contributed by atoms with Crippen molar-refractivity contribution in [3.05, 3.63) is 0 Å². The molecular formula is C15H28N2. The average molecular weight is 236 g/mol. The smallest absolute Gasteiger partial charge is 0.0198 e. The second kappa shape index (κ2) is 4.89. The molecule has 3 aliphatic rings. The van der Waals surface area contributed by atoms with E-state index in [-0.39, 0.29) is 0 Å². The van der Waals surface area contributed by atoms with Gasteiger partial charge in [-0.25, -0.2) is 0 Å². The van der Waals surface area contributed by atoms with E-state index in [1.165, 1.54) is 71.0 Å². The first-order chi connectivity index (χ1) is 8.23. The molecule has 1 atom stereocenters. The Balaban J connectivity index is 1.48. The maximum atomic E-state index is 3.82. The molecule has 1 heterocycles. The van der Waals surface area contributed by atoms with Crippen molar-refractivity contribution in [2.75, 3.05) is 19.6 Å². The summed E-state index contributed by atoms with van der Waals surface area (Å²) in [7, 11) is 0. The van der Waals surface area contributed by atoms with Crippen molar-refractivity contribution in [3.63, 3.8) is 0 Å². The summed E-state index contributed by atoms with van der Waals surface area (Å²) in [5.74, 6) is 0. The summed E-state index contributed by atoms with van der Waals surface area (Å²) in [4.78, 5) is 2.74. The molecule has 1 N–H and O–H groups in total. The zero-order valence-electron chi connectivity index (χ0n) is 11.4. The van der Waals surface area contributed by atoms with Crippen molar-refractivity contribution in [3.8, 4) is 0 Å². The SMILES string of the molecule is CC1(CN2CCCC(NC3CC3)C2)CCCC1. The van der Waals surface area contributed by atoms with Gasteiger partial charge in [0.15, 0.2) is 0 Å². The van der Waals surface area contributed by atoms with Crippen LogP contribution in [-0.2, 0) is 0 Å². The van der Waals surface area contributed by atoms with Gasteiger partial charge in [-0.1, -0.05) is 19.8 Å². The summed E-state index contributed by atoms with van der Waals surface area (Å²) >= 11 is 0. The zero-order chi connectivity index (χ0) is 11.7. The van der Waals surface area contributed by atoms with E-state index in [0.29, 0.717) is 5.41 Å². The van der Waals surface area contributed by atoms with E-state index < -0.39 is 0 Å². The minimum atomic E-state index is 0.640. The lowest BCUT2D eigenvalue weighted by Gasteiger charge is -2.38. The van der Waals surface area contributed by atoms with Gasteiger partial charge in [-0.2, -0.15) is 0 Å². The van der Waals surface area contributed by atoms with Gasteiger partial charge in [-0.3, -0.25) is 0 Å². The molecule has 98 valence electrons. The Hall–Kier alpha value is -0.0800. The number of nitrogens with zero attached hydrogens (tertiary/aromatic N) is 1. The van der Waals surface area contributed by atoms with Crippen LogP contribution >= 0.6 is 0 Å². The zero-order valence-corrected chi connectivity index (χ0v) is 11.4. The monoisotopic (exact) mass is 236 g/mol. The summed E-state index contributed by atoms with van der Waals surface area (Å²) in [5, 5.41) is 3.82. The molecule has 2 aliphatic carbocycles. The van der Waals surface area contributed by atoms with Gasteiger partial charge in [-0.05, 0) is 50.5 Å². The topological polar surface area (TPSA) is 15.3 Å². The number of hydrogen-bond acceptors (Lipinski definition) is 2. The van der Waals surface area contributed by atoms with Crippen molar-refractivity contribution < 1.29 is 0 Å². The predicted octanol–water partition coefficient (Wildman–Crippen LogP) is 2.78. The fraction of sp³-hybridized carbons (Fsp3) is 1.00. The fourth-order valence-electron chi connectivity index (χ4n) is 3.85. The second-order valence-corrected chi connectivity index (χ2v) is 7.03. The Labute approximate surface area is 106 Å². The van der Waals surface area contributed by atoms with E-state index in [0.717, 1.165) is 12.1 Å². The molecule has 0 spiro atoms. The predicted molar refractivity (Wildman–Crippen MR) is 72.2 cm³/mol. The third-order valence-electron chi connectivity index (χ3n) is 4.97. The molecule has 2 heteroatoms. The summed E-state index contributed by atoms with van der Waals surface area (Å²) in [6.07, 6.45) is 11.5. The van der Waals surface area contributed by atoms with Gasteiger partial charge in [0.25, 0.3) is 0 Å². The molecule has 0 aromatic rings. The van der Waals surface area contributed by atoms with Crippen LogP contribution in [0.15, 0.2) is 0 Å². The summed E-state index contributed by atoms with van der Waals surface area (Å²) in [6.45, 7) is 6.53. The van der Waals surface area contributed by atoms with Crippen molar-refractivity contribution in [1.82, 2.24) is 10.2 Å². The van der Waals surface area contributed by atoms with E-state index >= 15 is 0 Å². The largest absolute Gasteiger partial charge is 0.310 e. The second-order valence-electron chi connectivity index (χ2n) is 7.03.